The zero-order chi connectivity index (χ0) is 20.1. The highest BCUT2D eigenvalue weighted by molar-refractivity contribution is 5.93. The lowest BCUT2D eigenvalue weighted by Crippen LogP contribution is -2.19. The first kappa shape index (κ1) is 19.1. The Hall–Kier alpha value is -3.21. The summed E-state index contributed by atoms with van der Waals surface area (Å²) in [4.78, 5) is 22.0. The minimum Gasteiger partial charge on any atom is -0.508 e. The summed E-state index contributed by atoms with van der Waals surface area (Å²) in [6.07, 6.45) is 8.17. The minimum absolute atomic E-state index is 0.000708. The Balaban J connectivity index is 1.62. The molecular formula is C24H25N3O2. The van der Waals surface area contributed by atoms with Gasteiger partial charge in [-0.1, -0.05) is 49.6 Å². The third kappa shape index (κ3) is 4.80. The van der Waals surface area contributed by atoms with Gasteiger partial charge in [0.05, 0.1) is 11.9 Å². The molecule has 2 aromatic carbocycles. The van der Waals surface area contributed by atoms with Gasteiger partial charge < -0.3 is 10.4 Å². The summed E-state index contributed by atoms with van der Waals surface area (Å²) in [6.45, 7) is 0. The van der Waals surface area contributed by atoms with Gasteiger partial charge in [-0.25, -0.2) is 9.97 Å². The van der Waals surface area contributed by atoms with Crippen LogP contribution in [0.25, 0.3) is 22.5 Å². The van der Waals surface area contributed by atoms with Crippen LogP contribution in [-0.2, 0) is 4.79 Å². The second kappa shape index (κ2) is 8.86. The van der Waals surface area contributed by atoms with Crippen molar-refractivity contribution in [2.75, 3.05) is 5.32 Å². The lowest BCUT2D eigenvalue weighted by Gasteiger charge is -2.21. The summed E-state index contributed by atoms with van der Waals surface area (Å²) in [5.74, 6) is 1.16. The molecule has 1 saturated carbocycles. The molecular weight excluding hydrogens is 362 g/mol. The predicted molar refractivity (Wildman–Crippen MR) is 114 cm³/mol. The summed E-state index contributed by atoms with van der Waals surface area (Å²) >= 11 is 0. The third-order valence-electron chi connectivity index (χ3n) is 5.44. The molecule has 148 valence electrons. The number of hydrogen-bond acceptors (Lipinski definition) is 4. The molecule has 3 aromatic rings. The molecule has 0 spiro atoms. The van der Waals surface area contributed by atoms with Crippen LogP contribution < -0.4 is 5.32 Å². The summed E-state index contributed by atoms with van der Waals surface area (Å²) in [5, 5.41) is 12.5. The van der Waals surface area contributed by atoms with Crippen molar-refractivity contribution in [3.8, 4) is 28.3 Å². The van der Waals surface area contributed by atoms with Crippen molar-refractivity contribution in [3.63, 3.8) is 0 Å². The SMILES string of the molecule is O=C(CC1CCCCC1)Nc1ncc(-c2ccc(O)cc2)nc1-c1ccccc1. The molecule has 29 heavy (non-hydrogen) atoms. The van der Waals surface area contributed by atoms with Crippen molar-refractivity contribution >= 4 is 11.7 Å². The average Bonchev–Trinajstić information content (AvgIpc) is 2.76. The molecule has 0 radical (unpaired) electrons. The van der Waals surface area contributed by atoms with Crippen LogP contribution in [0.2, 0.25) is 0 Å². The maximum atomic E-state index is 12.6. The predicted octanol–water partition coefficient (Wildman–Crippen LogP) is 5.43. The molecule has 0 unspecified atom stereocenters. The van der Waals surface area contributed by atoms with Crippen molar-refractivity contribution in [3.05, 3.63) is 60.8 Å². The number of anilines is 1. The highest BCUT2D eigenvalue weighted by Gasteiger charge is 2.19. The Bertz CT molecular complexity index is 965. The van der Waals surface area contributed by atoms with Crippen LogP contribution in [0, 0.1) is 5.92 Å². The lowest BCUT2D eigenvalue weighted by atomic mass is 9.87. The molecule has 1 fully saturated rings. The van der Waals surface area contributed by atoms with E-state index in [1.165, 1.54) is 19.3 Å². The Morgan fingerprint density at radius 2 is 1.69 bits per heavy atom. The minimum atomic E-state index is 0.000708. The second-order valence-corrected chi connectivity index (χ2v) is 7.62. The molecule has 5 nitrogen and oxygen atoms in total. The van der Waals surface area contributed by atoms with E-state index in [4.69, 9.17) is 4.98 Å². The fraction of sp³-hybridized carbons (Fsp3) is 0.292. The first-order valence-corrected chi connectivity index (χ1v) is 10.2. The summed E-state index contributed by atoms with van der Waals surface area (Å²) in [6, 6.07) is 16.6. The zero-order valence-electron chi connectivity index (χ0n) is 16.3. The van der Waals surface area contributed by atoms with Gasteiger partial charge in [0.25, 0.3) is 0 Å². The summed E-state index contributed by atoms with van der Waals surface area (Å²) < 4.78 is 0. The van der Waals surface area contributed by atoms with E-state index in [9.17, 15) is 9.90 Å². The van der Waals surface area contributed by atoms with Crippen molar-refractivity contribution in [2.45, 2.75) is 38.5 Å². The number of rotatable bonds is 5. The number of carbonyl (C=O) groups is 1. The van der Waals surface area contributed by atoms with E-state index in [1.807, 2.05) is 30.3 Å². The Morgan fingerprint density at radius 3 is 2.41 bits per heavy atom. The van der Waals surface area contributed by atoms with Crippen molar-refractivity contribution < 1.29 is 9.90 Å². The fourth-order valence-corrected chi connectivity index (χ4v) is 3.89. The van der Waals surface area contributed by atoms with Crippen LogP contribution in [0.15, 0.2) is 60.8 Å². The molecule has 1 aliphatic rings. The van der Waals surface area contributed by atoms with Gasteiger partial charge in [-0.15, -0.1) is 0 Å². The molecule has 1 aromatic heterocycles. The molecule has 2 N–H and O–H groups in total. The molecule has 5 heteroatoms. The van der Waals surface area contributed by atoms with Gasteiger partial charge in [0.15, 0.2) is 5.82 Å². The number of aromatic hydroxyl groups is 1. The third-order valence-corrected chi connectivity index (χ3v) is 5.44. The van der Waals surface area contributed by atoms with Gasteiger partial charge in [-0.3, -0.25) is 4.79 Å². The maximum absolute atomic E-state index is 12.6. The maximum Gasteiger partial charge on any atom is 0.225 e. The molecule has 1 aliphatic carbocycles. The summed E-state index contributed by atoms with van der Waals surface area (Å²) in [7, 11) is 0. The lowest BCUT2D eigenvalue weighted by molar-refractivity contribution is -0.117. The molecule has 1 amide bonds. The van der Waals surface area contributed by atoms with Crippen molar-refractivity contribution in [1.82, 2.24) is 9.97 Å². The van der Waals surface area contributed by atoms with Gasteiger partial charge in [-0.05, 0) is 43.0 Å². The number of aromatic nitrogens is 2. The van der Waals surface area contributed by atoms with Gasteiger partial charge in [0.2, 0.25) is 5.91 Å². The summed E-state index contributed by atoms with van der Waals surface area (Å²) in [5.41, 5.74) is 3.09. The molecule has 1 heterocycles. The average molecular weight is 387 g/mol. The van der Waals surface area contributed by atoms with E-state index in [0.29, 0.717) is 29.5 Å². The number of nitrogens with one attached hydrogen (secondary N) is 1. The number of phenolic OH excluding ortho intramolecular Hbond substituents is 1. The first-order chi connectivity index (χ1) is 14.2. The van der Waals surface area contributed by atoms with Crippen LogP contribution in [0.5, 0.6) is 5.75 Å². The number of benzene rings is 2. The highest BCUT2D eigenvalue weighted by Crippen LogP contribution is 2.30. The van der Waals surface area contributed by atoms with Gasteiger partial charge in [0.1, 0.15) is 11.4 Å². The number of amides is 1. The Morgan fingerprint density at radius 1 is 0.966 bits per heavy atom. The molecule has 0 saturated heterocycles. The second-order valence-electron chi connectivity index (χ2n) is 7.62. The Kier molecular flexibility index (Phi) is 5.84. The van der Waals surface area contributed by atoms with E-state index >= 15 is 0 Å². The monoisotopic (exact) mass is 387 g/mol. The number of nitrogens with zero attached hydrogens (tertiary/aromatic N) is 2. The van der Waals surface area contributed by atoms with E-state index in [1.54, 1.807) is 30.5 Å². The molecule has 0 aliphatic heterocycles. The number of hydrogen-bond donors (Lipinski definition) is 2. The normalized spacial score (nSPS) is 14.5. The van der Waals surface area contributed by atoms with E-state index in [0.717, 1.165) is 24.0 Å². The molecule has 4 rings (SSSR count). The van der Waals surface area contributed by atoms with E-state index < -0.39 is 0 Å². The van der Waals surface area contributed by atoms with Gasteiger partial charge in [0, 0.05) is 17.5 Å². The molecule has 0 atom stereocenters. The standard InChI is InChI=1S/C24H25N3O2/c28-20-13-11-18(12-14-20)21-16-25-24(23(26-21)19-9-5-2-6-10-19)27-22(29)15-17-7-3-1-4-8-17/h2,5-6,9-14,16-17,28H,1,3-4,7-8,15H2,(H,25,27,29). The van der Waals surface area contributed by atoms with Crippen LogP contribution in [-0.4, -0.2) is 21.0 Å². The zero-order valence-corrected chi connectivity index (χ0v) is 16.3. The quantitative estimate of drug-likeness (QED) is 0.612. The number of carbonyl (C=O) groups excluding carboxylic acids is 1. The molecule has 0 bridgehead atoms. The van der Waals surface area contributed by atoms with Crippen LogP contribution in [0.4, 0.5) is 5.82 Å². The topological polar surface area (TPSA) is 75.1 Å². The van der Waals surface area contributed by atoms with E-state index in [-0.39, 0.29) is 11.7 Å². The number of phenols is 1. The largest absolute Gasteiger partial charge is 0.508 e. The smallest absolute Gasteiger partial charge is 0.225 e. The first-order valence-electron chi connectivity index (χ1n) is 10.2. The van der Waals surface area contributed by atoms with Crippen molar-refractivity contribution in [1.29, 1.82) is 0 Å². The van der Waals surface area contributed by atoms with Crippen LogP contribution in [0.1, 0.15) is 38.5 Å². The van der Waals surface area contributed by atoms with Crippen molar-refractivity contribution in [2.24, 2.45) is 5.92 Å². The Labute approximate surface area is 170 Å². The van der Waals surface area contributed by atoms with Crippen LogP contribution in [0.3, 0.4) is 0 Å². The highest BCUT2D eigenvalue weighted by atomic mass is 16.3. The fourth-order valence-electron chi connectivity index (χ4n) is 3.89. The van der Waals surface area contributed by atoms with Crippen LogP contribution >= 0.6 is 0 Å². The van der Waals surface area contributed by atoms with E-state index in [2.05, 4.69) is 10.3 Å². The van der Waals surface area contributed by atoms with Gasteiger partial charge >= 0.3 is 0 Å². The van der Waals surface area contributed by atoms with Gasteiger partial charge in [-0.2, -0.15) is 0 Å².